The van der Waals surface area contributed by atoms with Crippen LogP contribution in [0.2, 0.25) is 0 Å². The molecule has 0 spiro atoms. The molecule has 6 heterocycles. The maximum atomic E-state index is 13.1. The van der Waals surface area contributed by atoms with E-state index in [9.17, 15) is 41.9 Å². The SMILES string of the molecule is C.CC(C)(C)OC(=O)CBr.CC(C)(C)OC(=O)CN1CCN(Cc2cc(C(N)=O)nc(-c3ccc(Oc4ccc(F)cc4)cc3)c2)CC1.Cl.NC(=O)c1cc(CN2CCN(CC(=O)O)CC2)cc(-c2ccc(Oc3ccc(F)cc3)cc2)n1.NC(=O)c1cc(CN2CCNCC2)cc(-c2ccc(Oc3ccc(F)cc3)cc2)n1. The Balaban J connectivity index is 0.000000222. The number of amides is 3. The summed E-state index contributed by atoms with van der Waals surface area (Å²) in [4.78, 5) is 93.4. The predicted molar refractivity (Wildman–Crippen MR) is 433 cm³/mol. The number of pyridine rings is 3. The number of nitrogens with zero attached hydrogens (tertiary/aromatic N) is 8. The van der Waals surface area contributed by atoms with Gasteiger partial charge < -0.3 is 51.3 Å². The molecule has 0 bridgehead atoms. The number of hydrogen-bond donors (Lipinski definition) is 5. The molecule has 6 aromatic carbocycles. The first-order valence-electron chi connectivity index (χ1n) is 36.0. The highest BCUT2D eigenvalue weighted by atomic mass is 79.9. The summed E-state index contributed by atoms with van der Waals surface area (Å²) >= 11 is 2.99. The molecular weight excluding hydrogens is 1540 g/mol. The Morgan fingerprint density at radius 3 is 0.920 bits per heavy atom. The Labute approximate surface area is 671 Å². The molecule has 113 heavy (non-hydrogen) atoms. The lowest BCUT2D eigenvalue weighted by Gasteiger charge is -2.34. The van der Waals surface area contributed by atoms with Gasteiger partial charge in [-0.2, -0.15) is 0 Å². The Morgan fingerprint density at radius 1 is 0.407 bits per heavy atom. The molecular formula is C84H97BrClF3N12O12. The van der Waals surface area contributed by atoms with E-state index in [0.29, 0.717) is 77.8 Å². The van der Waals surface area contributed by atoms with E-state index in [-0.39, 0.29) is 90.3 Å². The molecule has 0 saturated carbocycles. The zero-order valence-corrected chi connectivity index (χ0v) is 65.6. The van der Waals surface area contributed by atoms with E-state index in [1.165, 1.54) is 36.4 Å². The van der Waals surface area contributed by atoms with Crippen LogP contribution in [-0.4, -0.2) is 188 Å². The fourth-order valence-electron chi connectivity index (χ4n) is 11.8. The monoisotopic (exact) mass is 1640 g/mol. The first-order valence-corrected chi connectivity index (χ1v) is 37.1. The van der Waals surface area contributed by atoms with Gasteiger partial charge in [-0.3, -0.25) is 53.3 Å². The van der Waals surface area contributed by atoms with Gasteiger partial charge in [0.1, 0.15) is 85.6 Å². The summed E-state index contributed by atoms with van der Waals surface area (Å²) in [5, 5.41) is 12.6. The lowest BCUT2D eigenvalue weighted by atomic mass is 10.1. The van der Waals surface area contributed by atoms with Crippen LogP contribution in [0.5, 0.6) is 34.5 Å². The minimum atomic E-state index is -0.826. The van der Waals surface area contributed by atoms with Crippen LogP contribution in [0.15, 0.2) is 182 Å². The molecule has 3 fully saturated rings. The summed E-state index contributed by atoms with van der Waals surface area (Å²) in [7, 11) is 0. The van der Waals surface area contributed by atoms with Crippen molar-refractivity contribution in [3.05, 3.63) is 233 Å². The number of carboxylic acid groups (broad SMARTS) is 1. The first-order chi connectivity index (χ1) is 52.9. The molecule has 24 nitrogen and oxygen atoms in total. The third kappa shape index (κ3) is 30.4. The molecule has 0 unspecified atom stereocenters. The van der Waals surface area contributed by atoms with Crippen molar-refractivity contribution in [2.24, 2.45) is 17.2 Å². The number of ether oxygens (including phenoxy) is 5. The highest BCUT2D eigenvalue weighted by Gasteiger charge is 2.25. The second-order valence-corrected chi connectivity index (χ2v) is 29.0. The highest BCUT2D eigenvalue weighted by Crippen LogP contribution is 2.31. The number of carbonyl (C=O) groups is 6. The first kappa shape index (κ1) is 89.5. The minimum absolute atomic E-state index is 0. The number of benzene rings is 6. The smallest absolute Gasteiger partial charge is 0.320 e. The lowest BCUT2D eigenvalue weighted by molar-refractivity contribution is -0.156. The van der Waals surface area contributed by atoms with Gasteiger partial charge in [0.15, 0.2) is 0 Å². The van der Waals surface area contributed by atoms with E-state index in [2.05, 4.69) is 55.8 Å². The molecule has 12 rings (SSSR count). The number of halogens is 5. The maximum Gasteiger partial charge on any atom is 0.320 e. The summed E-state index contributed by atoms with van der Waals surface area (Å²) in [5.41, 5.74) is 23.6. The largest absolute Gasteiger partial charge is 0.480 e. The zero-order chi connectivity index (χ0) is 79.8. The number of rotatable bonds is 23. The number of carboxylic acids is 1. The van der Waals surface area contributed by atoms with E-state index < -0.39 is 29.3 Å². The quantitative estimate of drug-likeness (QED) is 0.0293. The van der Waals surface area contributed by atoms with Gasteiger partial charge in [0.05, 0.1) is 30.2 Å². The van der Waals surface area contributed by atoms with E-state index in [1.54, 1.807) is 78.9 Å². The van der Waals surface area contributed by atoms with E-state index in [0.717, 1.165) is 105 Å². The van der Waals surface area contributed by atoms with Crippen LogP contribution in [0.4, 0.5) is 13.2 Å². The van der Waals surface area contributed by atoms with Crippen molar-refractivity contribution >= 4 is 64.0 Å². The van der Waals surface area contributed by atoms with Gasteiger partial charge in [0, 0.05) is 115 Å². The van der Waals surface area contributed by atoms with Crippen LogP contribution in [0, 0.1) is 17.5 Å². The number of primary amides is 3. The van der Waals surface area contributed by atoms with Gasteiger partial charge in [0.2, 0.25) is 0 Å². The Morgan fingerprint density at radius 2 is 0.664 bits per heavy atom. The standard InChI is InChI=1S/C29H33FN4O4.C25H25FN4O4.C23H23FN4O2.C6H11BrO2.CH4.ClH/c1-29(2,3)38-27(35)19-34-14-12-33(13-15-34)18-20-16-25(32-26(17-20)28(31)36)21-4-8-23(9-5-21)37-24-10-6-22(30)7-11-24;26-19-3-7-21(8-4-19)34-20-5-1-18(2-6-20)22-13-17(14-23(28-22)25(27)33)15-29-9-11-30(12-10-29)16-24(31)32;24-18-3-7-20(8-4-18)30-19-5-1-17(2-6-19)21-13-16(14-22(27-21)23(25)29)15-28-11-9-26-10-12-28;1-6(2,3)9-5(8)4-7;;/h4-11,16-17H,12-15,18-19H2,1-3H3,(H2,31,36);1-8,13-14H,9-12,15-16H2,(H2,27,33)(H,31,32);1-8,13-14,26H,9-12,15H2,(H2,25,29);4H2,1-3H3;1H4;1H. The number of hydrogen-bond acceptors (Lipinski definition) is 20. The van der Waals surface area contributed by atoms with Crippen LogP contribution in [-0.2, 0) is 43.5 Å². The Hall–Kier alpha value is -10.7. The van der Waals surface area contributed by atoms with Crippen LogP contribution < -0.4 is 36.7 Å². The molecule has 600 valence electrons. The van der Waals surface area contributed by atoms with Crippen LogP contribution in [0.25, 0.3) is 33.8 Å². The van der Waals surface area contributed by atoms with Gasteiger partial charge >= 0.3 is 17.9 Å². The van der Waals surface area contributed by atoms with Crippen molar-refractivity contribution in [2.45, 2.75) is 79.8 Å². The van der Waals surface area contributed by atoms with Crippen molar-refractivity contribution < 1.29 is 70.7 Å². The van der Waals surface area contributed by atoms with Gasteiger partial charge in [-0.05, 0) is 240 Å². The lowest BCUT2D eigenvalue weighted by Crippen LogP contribution is -2.48. The second kappa shape index (κ2) is 42.8. The molecule has 3 aliphatic rings. The minimum Gasteiger partial charge on any atom is -0.480 e. The van der Waals surface area contributed by atoms with E-state index >= 15 is 0 Å². The maximum absolute atomic E-state index is 13.1. The van der Waals surface area contributed by atoms with Crippen molar-refractivity contribution in [1.82, 2.24) is 44.8 Å². The number of nitrogens with one attached hydrogen (secondary N) is 1. The summed E-state index contributed by atoms with van der Waals surface area (Å²) in [6.07, 6.45) is 0. The van der Waals surface area contributed by atoms with Gasteiger partial charge in [-0.25, -0.2) is 28.1 Å². The zero-order valence-electron chi connectivity index (χ0n) is 63.2. The molecule has 8 N–H and O–H groups in total. The molecule has 3 aliphatic heterocycles. The van der Waals surface area contributed by atoms with Crippen LogP contribution in [0.3, 0.4) is 0 Å². The fourth-order valence-corrected chi connectivity index (χ4v) is 11.9. The molecule has 3 saturated heterocycles. The number of aliphatic carboxylic acids is 1. The number of carbonyl (C=O) groups excluding carboxylic acids is 5. The number of esters is 2. The third-order valence-corrected chi connectivity index (χ3v) is 17.5. The number of aromatic nitrogens is 3. The highest BCUT2D eigenvalue weighted by molar-refractivity contribution is 9.09. The topological polar surface area (TPSA) is 314 Å². The average Bonchev–Trinajstić information content (AvgIpc) is 0.827. The van der Waals surface area contributed by atoms with E-state index in [4.69, 9.17) is 46.0 Å². The molecule has 0 aliphatic carbocycles. The van der Waals surface area contributed by atoms with Gasteiger partial charge in [0.25, 0.3) is 17.7 Å². The molecule has 3 aromatic heterocycles. The average molecular weight is 1640 g/mol. The molecule has 0 atom stereocenters. The predicted octanol–water partition coefficient (Wildman–Crippen LogP) is 13.2. The van der Waals surface area contributed by atoms with Crippen LogP contribution >= 0.6 is 28.3 Å². The van der Waals surface area contributed by atoms with Crippen LogP contribution in [0.1, 0.15) is 97.1 Å². The summed E-state index contributed by atoms with van der Waals surface area (Å²) < 4.78 is 66.8. The van der Waals surface area contributed by atoms with Crippen molar-refractivity contribution in [3.63, 3.8) is 0 Å². The van der Waals surface area contributed by atoms with Gasteiger partial charge in [-0.1, -0.05) is 23.4 Å². The second-order valence-electron chi connectivity index (χ2n) is 28.4. The fraction of sp³-hybridized carbons (Fsp3) is 0.321. The number of piperazine rings is 3. The number of alkyl halides is 1. The molecule has 0 radical (unpaired) electrons. The number of nitrogens with two attached hydrogens (primary N) is 3. The summed E-state index contributed by atoms with van der Waals surface area (Å²) in [6.45, 7) is 23.1. The van der Waals surface area contributed by atoms with Crippen molar-refractivity contribution in [2.75, 3.05) is 97.0 Å². The molecule has 9 aromatic rings. The van der Waals surface area contributed by atoms with Gasteiger partial charge in [-0.15, -0.1) is 12.4 Å². The molecule has 3 amide bonds. The summed E-state index contributed by atoms with van der Waals surface area (Å²) in [5.74, 6) is -0.574. The van der Waals surface area contributed by atoms with Crippen molar-refractivity contribution in [3.8, 4) is 68.3 Å². The molecule has 29 heteroatoms. The Kier molecular flexibility index (Phi) is 33.9. The summed E-state index contributed by atoms with van der Waals surface area (Å²) in [6, 6.07) is 50.3. The Bertz CT molecular complexity index is 4600. The van der Waals surface area contributed by atoms with E-state index in [1.807, 2.05) is 113 Å². The normalized spacial score (nSPS) is 14.1. The van der Waals surface area contributed by atoms with Crippen molar-refractivity contribution in [1.29, 1.82) is 0 Å². The third-order valence-electron chi connectivity index (χ3n) is 17.0.